The molecule has 1 aliphatic rings. The molecule has 0 amide bonds. The number of hydrogen-bond acceptors (Lipinski definition) is 7. The van der Waals surface area contributed by atoms with Crippen molar-refractivity contribution in [3.05, 3.63) is 23.0 Å². The molecule has 1 fully saturated rings. The van der Waals surface area contributed by atoms with Crippen LogP contribution in [0.3, 0.4) is 0 Å². The molecular weight excluding hydrogens is 322 g/mol. The predicted octanol–water partition coefficient (Wildman–Crippen LogP) is 2.53. The number of hydrogen-bond donors (Lipinski definition) is 0. The summed E-state index contributed by atoms with van der Waals surface area (Å²) < 4.78 is 21.8. The van der Waals surface area contributed by atoms with Crippen LogP contribution in [0.4, 0.5) is 0 Å². The monoisotopic (exact) mass is 339 g/mol. The van der Waals surface area contributed by atoms with E-state index in [1.54, 1.807) is 12.1 Å². The first-order valence-corrected chi connectivity index (χ1v) is 7.85. The highest BCUT2D eigenvalue weighted by Gasteiger charge is 2.20. The summed E-state index contributed by atoms with van der Waals surface area (Å²) in [5.74, 6) is 1.25. The number of nitrogens with zero attached hydrogens (tertiary/aromatic N) is 3. The van der Waals surface area contributed by atoms with E-state index >= 15 is 0 Å². The van der Waals surface area contributed by atoms with Crippen LogP contribution in [-0.2, 0) is 15.9 Å². The minimum Gasteiger partial charge on any atom is -0.475 e. The van der Waals surface area contributed by atoms with Gasteiger partial charge in [-0.3, -0.25) is 0 Å². The Labute approximate surface area is 138 Å². The number of halogens is 1. The van der Waals surface area contributed by atoms with Gasteiger partial charge >= 0.3 is 0 Å². The van der Waals surface area contributed by atoms with Gasteiger partial charge in [0.05, 0.1) is 37.1 Å². The summed E-state index contributed by atoms with van der Waals surface area (Å²) in [6.07, 6.45) is 0.468. The lowest BCUT2D eigenvalue weighted by Gasteiger charge is -2.21. The minimum absolute atomic E-state index is 0.0122. The molecule has 2 aromatic rings. The summed E-state index contributed by atoms with van der Waals surface area (Å²) in [5, 5.41) is 4.38. The average molecular weight is 340 g/mol. The van der Waals surface area contributed by atoms with Crippen LogP contribution in [0.15, 0.2) is 16.7 Å². The molecule has 0 aromatic carbocycles. The molecule has 1 saturated heterocycles. The molecule has 0 saturated carbocycles. The second-order valence-electron chi connectivity index (χ2n) is 5.43. The molecule has 0 N–H and O–H groups in total. The zero-order valence-corrected chi connectivity index (χ0v) is 13.7. The molecule has 0 radical (unpaired) electrons. The molecule has 8 heteroatoms. The van der Waals surface area contributed by atoms with Crippen molar-refractivity contribution in [3.8, 4) is 17.5 Å². The van der Waals surface area contributed by atoms with E-state index in [0.29, 0.717) is 48.7 Å². The van der Waals surface area contributed by atoms with Crippen molar-refractivity contribution in [2.24, 2.45) is 0 Å². The molecule has 23 heavy (non-hydrogen) atoms. The molecule has 3 heterocycles. The normalized spacial score (nSPS) is 18.3. The Morgan fingerprint density at radius 2 is 2.17 bits per heavy atom. The van der Waals surface area contributed by atoms with E-state index < -0.39 is 0 Å². The lowest BCUT2D eigenvalue weighted by atomic mass is 10.2. The maximum absolute atomic E-state index is 6.18. The van der Waals surface area contributed by atoms with E-state index in [1.807, 2.05) is 13.8 Å². The molecule has 1 atom stereocenters. The highest BCUT2D eigenvalue weighted by molar-refractivity contribution is 6.32. The smallest absolute Gasteiger partial charge is 0.278 e. The molecule has 1 unspecified atom stereocenters. The Kier molecular flexibility index (Phi) is 5.09. The Morgan fingerprint density at radius 3 is 2.91 bits per heavy atom. The van der Waals surface area contributed by atoms with Gasteiger partial charge in [0.25, 0.3) is 5.89 Å². The summed E-state index contributed by atoms with van der Waals surface area (Å²) in [5.41, 5.74) is 0.407. The van der Waals surface area contributed by atoms with Gasteiger partial charge in [0.1, 0.15) is 0 Å². The maximum Gasteiger partial charge on any atom is 0.278 e. The largest absolute Gasteiger partial charge is 0.475 e. The van der Waals surface area contributed by atoms with Crippen molar-refractivity contribution >= 4 is 11.6 Å². The predicted molar refractivity (Wildman–Crippen MR) is 82.6 cm³/mol. The number of pyridine rings is 1. The van der Waals surface area contributed by atoms with E-state index in [0.717, 1.165) is 0 Å². The van der Waals surface area contributed by atoms with Gasteiger partial charge in [-0.05, 0) is 19.9 Å². The van der Waals surface area contributed by atoms with E-state index in [4.69, 9.17) is 30.3 Å². The third kappa shape index (κ3) is 4.19. The lowest BCUT2D eigenvalue weighted by Crippen LogP contribution is -2.30. The first-order chi connectivity index (χ1) is 11.1. The van der Waals surface area contributed by atoms with Crippen LogP contribution in [0.25, 0.3) is 11.6 Å². The van der Waals surface area contributed by atoms with Gasteiger partial charge < -0.3 is 18.7 Å². The van der Waals surface area contributed by atoms with Crippen LogP contribution in [-0.4, -0.2) is 47.2 Å². The first-order valence-electron chi connectivity index (χ1n) is 7.47. The van der Waals surface area contributed by atoms with E-state index in [2.05, 4.69) is 15.1 Å². The van der Waals surface area contributed by atoms with Gasteiger partial charge in [0.15, 0.2) is 11.5 Å². The van der Waals surface area contributed by atoms with Gasteiger partial charge in [0, 0.05) is 12.5 Å². The highest BCUT2D eigenvalue weighted by atomic mass is 35.5. The van der Waals surface area contributed by atoms with Crippen molar-refractivity contribution in [1.82, 2.24) is 15.1 Å². The van der Waals surface area contributed by atoms with Crippen LogP contribution in [0, 0.1) is 0 Å². The van der Waals surface area contributed by atoms with Crippen molar-refractivity contribution in [2.75, 3.05) is 19.8 Å². The third-order valence-electron chi connectivity index (χ3n) is 3.14. The number of aromatic nitrogens is 3. The standard InChI is InChI=1S/C15H18ClN3O4/c1-9(2)22-13-4-3-11(16)14(18-13)15-17-12(19-23-15)7-10-8-20-5-6-21-10/h3-4,9-10H,5-8H2,1-2H3. The third-order valence-corrected chi connectivity index (χ3v) is 3.45. The van der Waals surface area contributed by atoms with Gasteiger partial charge in [-0.2, -0.15) is 4.98 Å². The van der Waals surface area contributed by atoms with Crippen molar-refractivity contribution in [2.45, 2.75) is 32.5 Å². The zero-order chi connectivity index (χ0) is 16.2. The Hall–Kier alpha value is -1.70. The minimum atomic E-state index is -0.0618. The van der Waals surface area contributed by atoms with E-state index in [9.17, 15) is 0 Å². The number of rotatable bonds is 5. The van der Waals surface area contributed by atoms with Crippen LogP contribution < -0.4 is 4.74 Å². The second-order valence-corrected chi connectivity index (χ2v) is 5.84. The van der Waals surface area contributed by atoms with Gasteiger partial charge in [0.2, 0.25) is 5.88 Å². The van der Waals surface area contributed by atoms with E-state index in [-0.39, 0.29) is 18.1 Å². The molecule has 0 aliphatic carbocycles. The molecule has 0 spiro atoms. The van der Waals surface area contributed by atoms with E-state index in [1.165, 1.54) is 0 Å². The van der Waals surface area contributed by atoms with Gasteiger partial charge in [-0.1, -0.05) is 16.8 Å². The average Bonchev–Trinajstić information content (AvgIpc) is 2.98. The fourth-order valence-electron chi connectivity index (χ4n) is 2.17. The quantitative estimate of drug-likeness (QED) is 0.828. The molecule has 1 aliphatic heterocycles. The van der Waals surface area contributed by atoms with Crippen LogP contribution in [0.2, 0.25) is 5.02 Å². The fraction of sp³-hybridized carbons (Fsp3) is 0.533. The van der Waals surface area contributed by atoms with Crippen LogP contribution in [0.5, 0.6) is 5.88 Å². The Bertz CT molecular complexity index is 656. The SMILES string of the molecule is CC(C)Oc1ccc(Cl)c(-c2nc(CC3COCCO3)no2)n1. The summed E-state index contributed by atoms with van der Waals surface area (Å²) in [4.78, 5) is 8.68. The highest BCUT2D eigenvalue weighted by Crippen LogP contribution is 2.27. The molecule has 0 bridgehead atoms. The number of ether oxygens (including phenoxy) is 3. The molecule has 124 valence electrons. The molecular formula is C15H18ClN3O4. The Morgan fingerprint density at radius 1 is 1.30 bits per heavy atom. The van der Waals surface area contributed by atoms with Gasteiger partial charge in [-0.15, -0.1) is 0 Å². The second kappa shape index (κ2) is 7.25. The summed E-state index contributed by atoms with van der Waals surface area (Å²) >= 11 is 6.18. The fourth-order valence-corrected chi connectivity index (χ4v) is 2.36. The first kappa shape index (κ1) is 16.2. The topological polar surface area (TPSA) is 79.5 Å². The maximum atomic E-state index is 6.18. The van der Waals surface area contributed by atoms with Crippen LogP contribution in [0.1, 0.15) is 19.7 Å². The lowest BCUT2D eigenvalue weighted by molar-refractivity contribution is -0.0879. The van der Waals surface area contributed by atoms with Crippen molar-refractivity contribution in [3.63, 3.8) is 0 Å². The summed E-state index contributed by atoms with van der Waals surface area (Å²) in [7, 11) is 0. The molecule has 2 aromatic heterocycles. The zero-order valence-electron chi connectivity index (χ0n) is 13.0. The molecule has 7 nitrogen and oxygen atoms in total. The molecule has 3 rings (SSSR count). The summed E-state index contributed by atoms with van der Waals surface area (Å²) in [6.45, 7) is 5.58. The van der Waals surface area contributed by atoms with Crippen LogP contribution >= 0.6 is 11.6 Å². The summed E-state index contributed by atoms with van der Waals surface area (Å²) in [6, 6.07) is 3.40. The van der Waals surface area contributed by atoms with Gasteiger partial charge in [-0.25, -0.2) is 4.98 Å². The Balaban J connectivity index is 1.76. The van der Waals surface area contributed by atoms with Crippen molar-refractivity contribution in [1.29, 1.82) is 0 Å². The van der Waals surface area contributed by atoms with Crippen molar-refractivity contribution < 1.29 is 18.7 Å².